The van der Waals surface area contributed by atoms with E-state index in [0.717, 1.165) is 17.8 Å². The van der Waals surface area contributed by atoms with Crippen LogP contribution in [0.1, 0.15) is 28.4 Å². The van der Waals surface area contributed by atoms with Crippen molar-refractivity contribution in [1.82, 2.24) is 25.3 Å². The predicted octanol–water partition coefficient (Wildman–Crippen LogP) is 1.21. The molecule has 1 saturated heterocycles. The van der Waals surface area contributed by atoms with Crippen molar-refractivity contribution in [3.05, 3.63) is 41.6 Å². The maximum Gasteiger partial charge on any atom is 0.317 e. The highest BCUT2D eigenvalue weighted by atomic mass is 16.5. The van der Waals surface area contributed by atoms with E-state index in [2.05, 4.69) is 15.5 Å². The van der Waals surface area contributed by atoms with Crippen molar-refractivity contribution in [2.45, 2.75) is 19.6 Å². The second-order valence-corrected chi connectivity index (χ2v) is 6.09. The fourth-order valence-corrected chi connectivity index (χ4v) is 2.88. The summed E-state index contributed by atoms with van der Waals surface area (Å²) in [6.45, 7) is 2.96. The molecule has 1 fully saturated rings. The van der Waals surface area contributed by atoms with Crippen molar-refractivity contribution in [3.8, 4) is 0 Å². The summed E-state index contributed by atoms with van der Waals surface area (Å²) in [7, 11) is 1.61. The molecular weight excluding hydrogens is 338 g/mol. The molecule has 0 aliphatic carbocycles. The molecule has 0 aromatic carbocycles. The van der Waals surface area contributed by atoms with Gasteiger partial charge >= 0.3 is 6.03 Å². The van der Waals surface area contributed by atoms with Gasteiger partial charge in [-0.1, -0.05) is 0 Å². The molecule has 0 bridgehead atoms. The third kappa shape index (κ3) is 4.42. The zero-order valence-corrected chi connectivity index (χ0v) is 14.7. The number of methoxy groups -OCH3 is 1. The van der Waals surface area contributed by atoms with Crippen LogP contribution in [0.4, 0.5) is 4.79 Å². The van der Waals surface area contributed by atoms with Crippen LogP contribution in [0.3, 0.4) is 0 Å². The summed E-state index contributed by atoms with van der Waals surface area (Å²) in [6, 6.07) is 5.05. The van der Waals surface area contributed by atoms with E-state index < -0.39 is 0 Å². The van der Waals surface area contributed by atoms with E-state index in [1.54, 1.807) is 29.0 Å². The molecule has 2 N–H and O–H groups in total. The third-order valence-corrected chi connectivity index (χ3v) is 4.21. The summed E-state index contributed by atoms with van der Waals surface area (Å²) in [5.74, 6) is 0.189. The summed E-state index contributed by atoms with van der Waals surface area (Å²) < 4.78 is 10.2. The van der Waals surface area contributed by atoms with Gasteiger partial charge in [-0.2, -0.15) is 5.10 Å². The first-order valence-corrected chi connectivity index (χ1v) is 8.55. The molecule has 3 rings (SSSR count). The van der Waals surface area contributed by atoms with E-state index in [0.29, 0.717) is 45.1 Å². The Labute approximate surface area is 151 Å². The van der Waals surface area contributed by atoms with Gasteiger partial charge in [-0.15, -0.1) is 0 Å². The molecule has 9 nitrogen and oxygen atoms in total. The van der Waals surface area contributed by atoms with E-state index in [-0.39, 0.29) is 11.9 Å². The van der Waals surface area contributed by atoms with Gasteiger partial charge in [-0.3, -0.25) is 9.89 Å². The standard InChI is InChI=1S/C17H23N5O4/c1-25-12-14-10-13(19-20-14)11-18-17(24)22-6-3-5-21(7-8-22)16(23)15-4-2-9-26-15/h2,4,9-10H,3,5-8,11-12H2,1H3,(H,18,24)(H,19,20). The van der Waals surface area contributed by atoms with E-state index >= 15 is 0 Å². The van der Waals surface area contributed by atoms with Gasteiger partial charge in [0, 0.05) is 33.3 Å². The van der Waals surface area contributed by atoms with Crippen LogP contribution < -0.4 is 5.32 Å². The molecule has 0 saturated carbocycles. The molecule has 2 aromatic heterocycles. The first-order chi connectivity index (χ1) is 12.7. The summed E-state index contributed by atoms with van der Waals surface area (Å²) >= 11 is 0. The lowest BCUT2D eigenvalue weighted by atomic mass is 10.3. The molecule has 3 heterocycles. The lowest BCUT2D eigenvalue weighted by Crippen LogP contribution is -2.42. The Bertz CT molecular complexity index is 727. The highest BCUT2D eigenvalue weighted by Gasteiger charge is 2.24. The zero-order chi connectivity index (χ0) is 18.4. The largest absolute Gasteiger partial charge is 0.459 e. The molecular formula is C17H23N5O4. The Balaban J connectivity index is 1.48. The number of nitrogens with zero attached hydrogens (tertiary/aromatic N) is 3. The minimum Gasteiger partial charge on any atom is -0.459 e. The van der Waals surface area contributed by atoms with E-state index in [9.17, 15) is 9.59 Å². The highest BCUT2D eigenvalue weighted by molar-refractivity contribution is 5.91. The Morgan fingerprint density at radius 2 is 2.12 bits per heavy atom. The summed E-state index contributed by atoms with van der Waals surface area (Å²) in [5.41, 5.74) is 1.61. The molecule has 0 radical (unpaired) electrons. The van der Waals surface area contributed by atoms with E-state index in [4.69, 9.17) is 9.15 Å². The smallest absolute Gasteiger partial charge is 0.317 e. The fourth-order valence-electron chi connectivity index (χ4n) is 2.88. The van der Waals surface area contributed by atoms with Crippen LogP contribution in [0, 0.1) is 0 Å². The average molecular weight is 361 g/mol. The second kappa shape index (κ2) is 8.52. The lowest BCUT2D eigenvalue weighted by Gasteiger charge is -2.21. The number of aromatic amines is 1. The molecule has 2 aromatic rings. The number of H-pyrrole nitrogens is 1. The fraction of sp³-hybridized carbons (Fsp3) is 0.471. The van der Waals surface area contributed by atoms with Crippen LogP contribution in [0.25, 0.3) is 0 Å². The number of urea groups is 1. The van der Waals surface area contributed by atoms with Crippen LogP contribution >= 0.6 is 0 Å². The van der Waals surface area contributed by atoms with Gasteiger partial charge in [-0.25, -0.2) is 4.79 Å². The van der Waals surface area contributed by atoms with Crippen molar-refractivity contribution in [3.63, 3.8) is 0 Å². The van der Waals surface area contributed by atoms with Crippen LogP contribution in [-0.4, -0.2) is 65.2 Å². The number of hydrogen-bond donors (Lipinski definition) is 2. The molecule has 0 unspecified atom stereocenters. The molecule has 3 amide bonds. The molecule has 1 aliphatic heterocycles. The van der Waals surface area contributed by atoms with Crippen LogP contribution in [-0.2, 0) is 17.9 Å². The maximum absolute atomic E-state index is 12.4. The Kier molecular flexibility index (Phi) is 5.90. The summed E-state index contributed by atoms with van der Waals surface area (Å²) in [6.07, 6.45) is 2.21. The minimum absolute atomic E-state index is 0.139. The van der Waals surface area contributed by atoms with Crippen molar-refractivity contribution >= 4 is 11.9 Å². The predicted molar refractivity (Wildman–Crippen MR) is 92.3 cm³/mol. The van der Waals surface area contributed by atoms with Gasteiger partial charge in [0.25, 0.3) is 5.91 Å². The van der Waals surface area contributed by atoms with E-state index in [1.165, 1.54) is 6.26 Å². The van der Waals surface area contributed by atoms with Crippen LogP contribution in [0.15, 0.2) is 28.9 Å². The molecule has 26 heavy (non-hydrogen) atoms. The van der Waals surface area contributed by atoms with Crippen molar-refractivity contribution in [2.75, 3.05) is 33.3 Å². The van der Waals surface area contributed by atoms with Crippen molar-refractivity contribution in [1.29, 1.82) is 0 Å². The number of amides is 3. The number of hydrogen-bond acceptors (Lipinski definition) is 5. The second-order valence-electron chi connectivity index (χ2n) is 6.09. The topological polar surface area (TPSA) is 104 Å². The number of carbonyl (C=O) groups is 2. The highest BCUT2D eigenvalue weighted by Crippen LogP contribution is 2.10. The number of nitrogens with one attached hydrogen (secondary N) is 2. The van der Waals surface area contributed by atoms with Crippen molar-refractivity contribution in [2.24, 2.45) is 0 Å². The average Bonchev–Trinajstić information content (AvgIpc) is 3.27. The first kappa shape index (κ1) is 18.0. The number of furan rings is 1. The quantitative estimate of drug-likeness (QED) is 0.833. The summed E-state index contributed by atoms with van der Waals surface area (Å²) in [4.78, 5) is 28.2. The monoisotopic (exact) mass is 361 g/mol. The number of rotatable bonds is 5. The zero-order valence-electron chi connectivity index (χ0n) is 14.7. The van der Waals surface area contributed by atoms with Gasteiger partial charge in [0.2, 0.25) is 0 Å². The van der Waals surface area contributed by atoms with Gasteiger partial charge < -0.3 is 24.3 Å². The molecule has 1 aliphatic rings. The number of ether oxygens (including phenoxy) is 1. The van der Waals surface area contributed by atoms with Crippen LogP contribution in [0.5, 0.6) is 0 Å². The third-order valence-electron chi connectivity index (χ3n) is 4.21. The maximum atomic E-state index is 12.4. The molecule has 0 spiro atoms. The minimum atomic E-state index is -0.153. The molecule has 140 valence electrons. The van der Waals surface area contributed by atoms with Crippen molar-refractivity contribution < 1.29 is 18.7 Å². The van der Waals surface area contributed by atoms with Gasteiger partial charge in [0.15, 0.2) is 5.76 Å². The summed E-state index contributed by atoms with van der Waals surface area (Å²) in [5, 5.41) is 9.85. The Morgan fingerprint density at radius 3 is 2.88 bits per heavy atom. The first-order valence-electron chi connectivity index (χ1n) is 8.55. The SMILES string of the molecule is COCc1cc(CNC(=O)N2CCCN(C(=O)c3ccco3)CC2)[nH]n1. The normalized spacial score (nSPS) is 15.0. The van der Waals surface area contributed by atoms with Gasteiger partial charge in [0.1, 0.15) is 0 Å². The molecule has 9 heteroatoms. The number of aromatic nitrogens is 2. The van der Waals surface area contributed by atoms with Gasteiger partial charge in [0.05, 0.1) is 30.8 Å². The van der Waals surface area contributed by atoms with Crippen LogP contribution in [0.2, 0.25) is 0 Å². The van der Waals surface area contributed by atoms with Gasteiger partial charge in [-0.05, 0) is 24.6 Å². The lowest BCUT2D eigenvalue weighted by molar-refractivity contribution is 0.0730. The molecule has 0 atom stereocenters. The Morgan fingerprint density at radius 1 is 1.31 bits per heavy atom. The Hall–Kier alpha value is -2.81. The van der Waals surface area contributed by atoms with E-state index in [1.807, 2.05) is 6.07 Å². The number of carbonyl (C=O) groups excluding carboxylic acids is 2.